The number of ether oxygens (including phenoxy) is 2. The second kappa shape index (κ2) is 17.1. The molecule has 1 aromatic carbocycles. The lowest BCUT2D eigenvalue weighted by molar-refractivity contribution is -0.134. The highest BCUT2D eigenvalue weighted by atomic mass is 16.5. The summed E-state index contributed by atoms with van der Waals surface area (Å²) in [6.07, 6.45) is 17.4. The van der Waals surface area contributed by atoms with E-state index in [1.54, 1.807) is 6.20 Å². The molecule has 2 aromatic rings. The Bertz CT molecular complexity index is 797. The van der Waals surface area contributed by atoms with E-state index in [4.69, 9.17) is 9.47 Å². The molecule has 0 saturated heterocycles. The number of aryl methyl sites for hydroxylation is 1. The number of hydrogen-bond donors (Lipinski definition) is 0. The molecule has 2 rings (SSSR count). The van der Waals surface area contributed by atoms with Crippen LogP contribution >= 0.6 is 0 Å². The summed E-state index contributed by atoms with van der Waals surface area (Å²) in [5.74, 6) is 0.314. The summed E-state index contributed by atoms with van der Waals surface area (Å²) < 4.78 is 11.0. The number of carbonyl (C=O) groups excluding carboxylic acids is 1. The van der Waals surface area contributed by atoms with Crippen molar-refractivity contribution in [2.45, 2.75) is 84.5 Å². The largest absolute Gasteiger partial charge is 0.425 e. The van der Waals surface area contributed by atoms with Crippen LogP contribution in [0.2, 0.25) is 0 Å². The number of pyridine rings is 1. The van der Waals surface area contributed by atoms with Gasteiger partial charge in [0.1, 0.15) is 5.75 Å². The average molecular weight is 452 g/mol. The lowest BCUT2D eigenvalue weighted by Crippen LogP contribution is -2.07. The van der Waals surface area contributed by atoms with E-state index in [9.17, 15) is 4.79 Å². The molecule has 0 N–H and O–H groups in total. The maximum absolute atomic E-state index is 12.0. The minimum absolute atomic E-state index is 0.191. The van der Waals surface area contributed by atoms with Crippen molar-refractivity contribution in [1.82, 2.24) is 4.98 Å². The number of unbranched alkanes of at least 4 members (excludes halogenated alkanes) is 5. The van der Waals surface area contributed by atoms with Crippen molar-refractivity contribution >= 4 is 5.97 Å². The SMILES string of the molecule is CCCC=CCCCCC(=O)Oc1ccc(-c2ccc(CCCCCOCCC)cc2)nc1. The molecule has 0 amide bonds. The number of benzene rings is 1. The Balaban J connectivity index is 1.68. The first-order valence-corrected chi connectivity index (χ1v) is 12.7. The molecule has 0 unspecified atom stereocenters. The summed E-state index contributed by atoms with van der Waals surface area (Å²) in [7, 11) is 0. The Hall–Kier alpha value is -2.46. The fourth-order valence-electron chi connectivity index (χ4n) is 3.53. The normalized spacial score (nSPS) is 11.2. The number of esters is 1. The standard InChI is InChI=1S/C29H41NO3/c1-3-5-6-7-8-9-12-15-29(31)33-27-20-21-28(30-24-27)26-18-16-25(17-19-26)14-11-10-13-23-32-22-4-2/h6-7,16-21,24H,3-5,8-15,22-23H2,1-2H3. The second-order valence-electron chi connectivity index (χ2n) is 8.48. The quantitative estimate of drug-likeness (QED) is 0.140. The van der Waals surface area contributed by atoms with Gasteiger partial charge in [-0.2, -0.15) is 0 Å². The molecule has 4 nitrogen and oxygen atoms in total. The zero-order valence-electron chi connectivity index (χ0n) is 20.6. The van der Waals surface area contributed by atoms with Gasteiger partial charge in [-0.25, -0.2) is 0 Å². The summed E-state index contributed by atoms with van der Waals surface area (Å²) in [5.41, 5.74) is 3.30. The lowest BCUT2D eigenvalue weighted by atomic mass is 10.0. The van der Waals surface area contributed by atoms with E-state index in [1.165, 1.54) is 24.8 Å². The van der Waals surface area contributed by atoms with Crippen LogP contribution in [-0.2, 0) is 16.0 Å². The Morgan fingerprint density at radius 1 is 0.848 bits per heavy atom. The molecule has 0 radical (unpaired) electrons. The molecule has 4 heteroatoms. The van der Waals surface area contributed by atoms with Gasteiger partial charge < -0.3 is 9.47 Å². The van der Waals surface area contributed by atoms with Crippen LogP contribution in [0.5, 0.6) is 5.75 Å². The van der Waals surface area contributed by atoms with Crippen molar-refractivity contribution in [3.63, 3.8) is 0 Å². The third kappa shape index (κ3) is 11.8. The molecule has 33 heavy (non-hydrogen) atoms. The summed E-state index contributed by atoms with van der Waals surface area (Å²) in [4.78, 5) is 16.5. The summed E-state index contributed by atoms with van der Waals surface area (Å²) in [6, 6.07) is 12.3. The van der Waals surface area contributed by atoms with Gasteiger partial charge in [0.2, 0.25) is 0 Å². The van der Waals surface area contributed by atoms with E-state index in [-0.39, 0.29) is 5.97 Å². The molecule has 0 atom stereocenters. The van der Waals surface area contributed by atoms with Gasteiger partial charge in [0.05, 0.1) is 11.9 Å². The highest BCUT2D eigenvalue weighted by Gasteiger charge is 2.06. The molecule has 1 heterocycles. The van der Waals surface area contributed by atoms with Crippen molar-refractivity contribution in [1.29, 1.82) is 0 Å². The van der Waals surface area contributed by atoms with Crippen LogP contribution in [0.3, 0.4) is 0 Å². The van der Waals surface area contributed by atoms with Crippen LogP contribution in [-0.4, -0.2) is 24.2 Å². The van der Waals surface area contributed by atoms with Crippen LogP contribution in [0.1, 0.15) is 83.6 Å². The van der Waals surface area contributed by atoms with Crippen molar-refractivity contribution < 1.29 is 14.3 Å². The Kier molecular flexibility index (Phi) is 13.9. The summed E-state index contributed by atoms with van der Waals surface area (Å²) >= 11 is 0. The number of allylic oxidation sites excluding steroid dienone is 2. The molecular weight excluding hydrogens is 410 g/mol. The Morgan fingerprint density at radius 2 is 1.67 bits per heavy atom. The van der Waals surface area contributed by atoms with Crippen LogP contribution in [0.4, 0.5) is 0 Å². The predicted octanol–water partition coefficient (Wildman–Crippen LogP) is 7.71. The first-order chi connectivity index (χ1) is 16.2. The molecular formula is C29H41NO3. The fraction of sp³-hybridized carbons (Fsp3) is 0.517. The van der Waals surface area contributed by atoms with Gasteiger partial charge in [-0.3, -0.25) is 9.78 Å². The third-order valence-electron chi connectivity index (χ3n) is 5.44. The van der Waals surface area contributed by atoms with Crippen molar-refractivity contribution in [3.05, 3.63) is 60.3 Å². The number of nitrogens with zero attached hydrogens (tertiary/aromatic N) is 1. The number of rotatable bonds is 17. The smallest absolute Gasteiger partial charge is 0.311 e. The predicted molar refractivity (Wildman–Crippen MR) is 136 cm³/mol. The molecule has 0 spiro atoms. The lowest BCUT2D eigenvalue weighted by Gasteiger charge is -2.07. The summed E-state index contributed by atoms with van der Waals surface area (Å²) in [6.45, 7) is 6.06. The van der Waals surface area contributed by atoms with Gasteiger partial charge in [0.25, 0.3) is 0 Å². The zero-order chi connectivity index (χ0) is 23.6. The van der Waals surface area contributed by atoms with Gasteiger partial charge in [-0.15, -0.1) is 0 Å². The van der Waals surface area contributed by atoms with E-state index in [1.807, 2.05) is 12.1 Å². The molecule has 0 aliphatic carbocycles. The molecule has 0 bridgehead atoms. The van der Waals surface area contributed by atoms with Gasteiger partial charge in [0.15, 0.2) is 0 Å². The average Bonchev–Trinajstić information content (AvgIpc) is 2.84. The van der Waals surface area contributed by atoms with Crippen molar-refractivity contribution in [2.75, 3.05) is 13.2 Å². The molecule has 0 aliphatic rings. The maximum atomic E-state index is 12.0. The van der Waals surface area contributed by atoms with Crippen LogP contribution in [0, 0.1) is 0 Å². The van der Waals surface area contributed by atoms with Crippen LogP contribution < -0.4 is 4.74 Å². The number of aromatic nitrogens is 1. The zero-order valence-corrected chi connectivity index (χ0v) is 20.6. The van der Waals surface area contributed by atoms with Crippen LogP contribution in [0.15, 0.2) is 54.7 Å². The highest BCUT2D eigenvalue weighted by Crippen LogP contribution is 2.21. The second-order valence-corrected chi connectivity index (χ2v) is 8.48. The monoisotopic (exact) mass is 451 g/mol. The molecule has 1 aromatic heterocycles. The van der Waals surface area contributed by atoms with Crippen LogP contribution in [0.25, 0.3) is 11.3 Å². The minimum atomic E-state index is -0.191. The third-order valence-corrected chi connectivity index (χ3v) is 5.44. The van der Waals surface area contributed by atoms with E-state index in [2.05, 4.69) is 55.2 Å². The van der Waals surface area contributed by atoms with Crippen molar-refractivity contribution in [3.8, 4) is 17.0 Å². The fourth-order valence-corrected chi connectivity index (χ4v) is 3.53. The number of hydrogen-bond acceptors (Lipinski definition) is 4. The van der Waals surface area contributed by atoms with E-state index in [0.29, 0.717) is 12.2 Å². The molecule has 0 aliphatic heterocycles. The van der Waals surface area contributed by atoms with E-state index >= 15 is 0 Å². The molecule has 0 fully saturated rings. The maximum Gasteiger partial charge on any atom is 0.311 e. The van der Waals surface area contributed by atoms with Crippen molar-refractivity contribution in [2.24, 2.45) is 0 Å². The van der Waals surface area contributed by atoms with E-state index < -0.39 is 0 Å². The van der Waals surface area contributed by atoms with Gasteiger partial charge >= 0.3 is 5.97 Å². The van der Waals surface area contributed by atoms with Gasteiger partial charge in [-0.1, -0.05) is 63.1 Å². The molecule has 0 saturated carbocycles. The topological polar surface area (TPSA) is 48.4 Å². The van der Waals surface area contributed by atoms with E-state index in [0.717, 1.165) is 69.4 Å². The first-order valence-electron chi connectivity index (χ1n) is 12.7. The Morgan fingerprint density at radius 3 is 2.39 bits per heavy atom. The highest BCUT2D eigenvalue weighted by molar-refractivity contribution is 5.72. The minimum Gasteiger partial charge on any atom is -0.425 e. The Labute approximate surface area is 200 Å². The molecule has 180 valence electrons. The van der Waals surface area contributed by atoms with Gasteiger partial charge in [0, 0.05) is 25.2 Å². The number of carbonyl (C=O) groups is 1. The van der Waals surface area contributed by atoms with Gasteiger partial charge in [-0.05, 0) is 69.1 Å². The first kappa shape index (κ1) is 26.8. The summed E-state index contributed by atoms with van der Waals surface area (Å²) in [5, 5.41) is 0.